The average Bonchev–Trinajstić information content (AvgIpc) is 3.53. The maximum atomic E-state index is 15.0. The van der Waals surface area contributed by atoms with Gasteiger partial charge in [-0.05, 0) is 58.7 Å². The maximum absolute atomic E-state index is 15.0. The highest BCUT2D eigenvalue weighted by Gasteiger charge is 2.19. The third kappa shape index (κ3) is 8.87. The van der Waals surface area contributed by atoms with Gasteiger partial charge in [-0.25, -0.2) is 9.18 Å². The van der Waals surface area contributed by atoms with Crippen LogP contribution in [0, 0.1) is 5.82 Å². The molecule has 0 aliphatic heterocycles. The molecule has 6 rings (SSSR count). The molecule has 0 unspecified atom stereocenters. The van der Waals surface area contributed by atoms with E-state index in [0.717, 1.165) is 5.56 Å². The Bertz CT molecular complexity index is 2310. The fraction of sp³-hybridized carbons (Fsp3) is 0.179. The number of nitrogens with zero attached hydrogens (tertiary/aromatic N) is 2. The van der Waals surface area contributed by atoms with Gasteiger partial charge in [0.1, 0.15) is 23.9 Å². The van der Waals surface area contributed by atoms with Crippen molar-refractivity contribution in [3.05, 3.63) is 159 Å². The monoisotopic (exact) mass is 720 g/mol. The first kappa shape index (κ1) is 36.3. The number of rotatable bonds is 14. The third-order valence-corrected chi connectivity index (χ3v) is 8.68. The van der Waals surface area contributed by atoms with E-state index >= 15 is 0 Å². The molecule has 13 nitrogen and oxygen atoms in total. The molecule has 2 amide bonds. The lowest BCUT2D eigenvalue weighted by atomic mass is 9.99. The average molecular weight is 721 g/mol. The number of phenolic OH excluding ortho intramolecular Hbond substituents is 1. The minimum atomic E-state index is -1.16. The maximum Gasteiger partial charge on any atom is 0.405 e. The van der Waals surface area contributed by atoms with Crippen molar-refractivity contribution >= 4 is 22.9 Å². The Kier molecular flexibility index (Phi) is 11.1. The van der Waals surface area contributed by atoms with E-state index in [-0.39, 0.29) is 48.8 Å². The fourth-order valence-electron chi connectivity index (χ4n) is 5.94. The number of aromatic hydroxyl groups is 1. The van der Waals surface area contributed by atoms with Crippen LogP contribution in [0.3, 0.4) is 0 Å². The summed E-state index contributed by atoms with van der Waals surface area (Å²) in [4.78, 5) is 38.7. The molecule has 0 fully saturated rings. The predicted octanol–water partition coefficient (Wildman–Crippen LogP) is 4.80. The van der Waals surface area contributed by atoms with E-state index in [2.05, 4.69) is 26.0 Å². The Hall–Kier alpha value is -6.51. The number of carbonyl (C=O) groups is 2. The summed E-state index contributed by atoms with van der Waals surface area (Å²) in [5.41, 5.74) is 3.49. The summed E-state index contributed by atoms with van der Waals surface area (Å²) in [5.74, 6) is -0.544. The number of ether oxygens (including phenoxy) is 1. The van der Waals surface area contributed by atoms with E-state index in [1.807, 2.05) is 36.4 Å². The molecule has 0 spiro atoms. The number of nitrogens with one attached hydrogen (secondary N) is 4. The molecule has 14 heteroatoms. The molecule has 0 bridgehead atoms. The molecule has 0 saturated carbocycles. The number of aryl methyl sites for hydroxylation is 1. The number of halogens is 1. The number of hydrogen-bond donors (Lipinski definition) is 7. The van der Waals surface area contributed by atoms with Crippen LogP contribution in [0.25, 0.3) is 10.9 Å². The quantitative estimate of drug-likeness (QED) is 0.0829. The smallest absolute Gasteiger partial charge is 0.405 e. The number of aliphatic hydroxyl groups is 1. The summed E-state index contributed by atoms with van der Waals surface area (Å²) in [5, 5.41) is 43.4. The number of aromatic amines is 1. The van der Waals surface area contributed by atoms with E-state index in [4.69, 9.17) is 4.74 Å². The Labute approximate surface area is 302 Å². The van der Waals surface area contributed by atoms with Crippen LogP contribution in [-0.4, -0.2) is 48.6 Å². The van der Waals surface area contributed by atoms with Gasteiger partial charge in [0, 0.05) is 43.7 Å². The molecular weight excluding hydrogens is 683 g/mol. The van der Waals surface area contributed by atoms with Crippen LogP contribution in [-0.2, 0) is 26.7 Å². The first-order valence-corrected chi connectivity index (χ1v) is 16.6. The zero-order chi connectivity index (χ0) is 37.5. The molecular formula is C39H37FN6O7. The summed E-state index contributed by atoms with van der Waals surface area (Å²) in [7, 11) is 1.68. The predicted molar refractivity (Wildman–Crippen MR) is 194 cm³/mol. The van der Waals surface area contributed by atoms with E-state index in [0.29, 0.717) is 39.1 Å². The zero-order valence-electron chi connectivity index (χ0n) is 28.5. The minimum absolute atomic E-state index is 0.0559. The molecule has 4 aromatic carbocycles. The topological polar surface area (TPSA) is 191 Å². The largest absolute Gasteiger partial charge is 0.506 e. The van der Waals surface area contributed by atoms with Gasteiger partial charge in [0.25, 0.3) is 5.91 Å². The van der Waals surface area contributed by atoms with Gasteiger partial charge in [0.15, 0.2) is 5.69 Å². The van der Waals surface area contributed by atoms with Crippen molar-refractivity contribution in [1.29, 1.82) is 0 Å². The summed E-state index contributed by atoms with van der Waals surface area (Å²) >= 11 is 0. The summed E-state index contributed by atoms with van der Waals surface area (Å²) in [6.45, 7) is 0.351. The number of benzene rings is 4. The van der Waals surface area contributed by atoms with Crippen LogP contribution in [0.1, 0.15) is 56.1 Å². The van der Waals surface area contributed by atoms with Crippen molar-refractivity contribution < 1.29 is 34.0 Å². The second-order valence-electron chi connectivity index (χ2n) is 12.3. The Morgan fingerprint density at radius 3 is 2.51 bits per heavy atom. The van der Waals surface area contributed by atoms with Gasteiger partial charge in [0.2, 0.25) is 5.56 Å². The second kappa shape index (κ2) is 16.2. The lowest BCUT2D eigenvalue weighted by molar-refractivity contribution is 0.0945. The van der Waals surface area contributed by atoms with Gasteiger partial charge in [0.05, 0.1) is 23.4 Å². The van der Waals surface area contributed by atoms with E-state index in [1.165, 1.54) is 28.9 Å². The van der Waals surface area contributed by atoms with Crippen molar-refractivity contribution in [3.8, 4) is 11.5 Å². The molecule has 7 N–H and O–H groups in total. The van der Waals surface area contributed by atoms with Gasteiger partial charge in [-0.3, -0.25) is 14.3 Å². The highest BCUT2D eigenvalue weighted by Crippen LogP contribution is 2.29. The van der Waals surface area contributed by atoms with Crippen molar-refractivity contribution in [2.75, 3.05) is 6.54 Å². The summed E-state index contributed by atoms with van der Waals surface area (Å²) in [6.07, 6.45) is -2.15. The van der Waals surface area contributed by atoms with Crippen molar-refractivity contribution in [1.82, 2.24) is 30.7 Å². The number of aliphatic hydroxyl groups excluding tert-OH is 1. The van der Waals surface area contributed by atoms with Gasteiger partial charge in [-0.2, -0.15) is 5.10 Å². The standard InChI is InChI=1S/C39H37FN6O7/c1-46-27(22-53-28-9-5-8-25(17-28)36(44-39(51)52)24-6-3-2-4-7-24)18-32(45-46)38(50)42-19-23-10-11-26(31(40)16-23)20-41-21-34(48)29-12-14-33(47)37-30(29)13-15-35(49)43-37/h2-18,34,36,41,44,47-48H,19-22H2,1H3,(H,42,50)(H,43,49)(H,51,52)/t34-,36-/m0/s1. The molecule has 0 aliphatic rings. The lowest BCUT2D eigenvalue weighted by Gasteiger charge is -2.19. The molecule has 6 aromatic rings. The molecule has 272 valence electrons. The summed E-state index contributed by atoms with van der Waals surface area (Å²) < 4.78 is 22.5. The second-order valence-corrected chi connectivity index (χ2v) is 12.3. The minimum Gasteiger partial charge on any atom is -0.506 e. The number of pyridine rings is 1. The number of phenols is 1. The van der Waals surface area contributed by atoms with Crippen LogP contribution in [0.15, 0.2) is 108 Å². The highest BCUT2D eigenvalue weighted by molar-refractivity contribution is 5.92. The Morgan fingerprint density at radius 1 is 0.943 bits per heavy atom. The lowest BCUT2D eigenvalue weighted by Crippen LogP contribution is -2.27. The number of fused-ring (bicyclic) bond motifs is 1. The van der Waals surface area contributed by atoms with Crippen LogP contribution >= 0.6 is 0 Å². The number of aromatic nitrogens is 3. The van der Waals surface area contributed by atoms with Gasteiger partial charge >= 0.3 is 6.09 Å². The van der Waals surface area contributed by atoms with Gasteiger partial charge in [-0.1, -0.05) is 60.7 Å². The van der Waals surface area contributed by atoms with E-state index < -0.39 is 30.0 Å². The van der Waals surface area contributed by atoms with Crippen LogP contribution in [0.2, 0.25) is 0 Å². The number of hydrogen-bond acceptors (Lipinski definition) is 8. The molecule has 2 atom stereocenters. The first-order valence-electron chi connectivity index (χ1n) is 16.6. The van der Waals surface area contributed by atoms with Crippen LogP contribution in [0.5, 0.6) is 11.5 Å². The first-order chi connectivity index (χ1) is 25.5. The number of carbonyl (C=O) groups excluding carboxylic acids is 1. The molecule has 0 aliphatic carbocycles. The number of H-pyrrole nitrogens is 1. The third-order valence-electron chi connectivity index (χ3n) is 8.68. The summed E-state index contributed by atoms with van der Waals surface area (Å²) in [6, 6.07) is 27.7. The SMILES string of the molecule is Cn1nc(C(=O)NCc2ccc(CNC[C@H](O)c3ccc(O)c4[nH]c(=O)ccc34)c(F)c2)cc1COc1cccc([C@@H](NC(=O)O)c2ccccc2)c1. The Balaban J connectivity index is 1.01. The highest BCUT2D eigenvalue weighted by atomic mass is 19.1. The van der Waals surface area contributed by atoms with E-state index in [1.54, 1.807) is 49.5 Å². The molecule has 0 radical (unpaired) electrons. The normalized spacial score (nSPS) is 12.3. The zero-order valence-corrected chi connectivity index (χ0v) is 28.5. The van der Waals surface area contributed by atoms with Crippen LogP contribution in [0.4, 0.5) is 9.18 Å². The van der Waals surface area contributed by atoms with Crippen molar-refractivity contribution in [2.24, 2.45) is 7.05 Å². The van der Waals surface area contributed by atoms with E-state index in [9.17, 15) is 34.1 Å². The number of carboxylic acid groups (broad SMARTS) is 1. The number of amides is 2. The van der Waals surface area contributed by atoms with Crippen LogP contribution < -0.4 is 26.2 Å². The fourth-order valence-corrected chi connectivity index (χ4v) is 5.94. The Morgan fingerprint density at radius 2 is 1.74 bits per heavy atom. The molecule has 2 heterocycles. The van der Waals surface area contributed by atoms with Crippen molar-refractivity contribution in [2.45, 2.75) is 31.8 Å². The molecule has 2 aromatic heterocycles. The van der Waals surface area contributed by atoms with Gasteiger partial charge in [-0.15, -0.1) is 0 Å². The van der Waals surface area contributed by atoms with Gasteiger partial charge < -0.3 is 41.0 Å². The van der Waals surface area contributed by atoms with Crippen molar-refractivity contribution in [3.63, 3.8) is 0 Å². The molecule has 0 saturated heterocycles. The molecule has 53 heavy (non-hydrogen) atoms.